The van der Waals surface area contributed by atoms with Crippen molar-refractivity contribution in [1.29, 1.82) is 0 Å². The quantitative estimate of drug-likeness (QED) is 0.820. The molecule has 2 aromatic rings. The van der Waals surface area contributed by atoms with Crippen LogP contribution in [0.1, 0.15) is 43.2 Å². The molecule has 1 amide bonds. The van der Waals surface area contributed by atoms with E-state index in [0.717, 1.165) is 12.0 Å². The molecular weight excluding hydrogens is 293 g/mol. The standard InChI is InChI=1S/C19H22FNO2/c1-13-5-3-4-6-16(13)21(2)19(22)18-12-11-17(23-18)14-7-9-15(20)10-8-14/h7-13,16H,3-6H2,1-2H3. The maximum Gasteiger partial charge on any atom is 0.289 e. The molecule has 1 aliphatic rings. The fourth-order valence-electron chi connectivity index (χ4n) is 3.42. The Hall–Kier alpha value is -2.10. The van der Waals surface area contributed by atoms with Crippen LogP contribution in [0.15, 0.2) is 40.8 Å². The van der Waals surface area contributed by atoms with Crippen molar-refractivity contribution >= 4 is 5.91 Å². The number of benzene rings is 1. The van der Waals surface area contributed by atoms with E-state index < -0.39 is 0 Å². The van der Waals surface area contributed by atoms with Crippen LogP contribution in [0.3, 0.4) is 0 Å². The maximum atomic E-state index is 13.0. The van der Waals surface area contributed by atoms with E-state index in [2.05, 4.69) is 6.92 Å². The van der Waals surface area contributed by atoms with E-state index in [4.69, 9.17) is 4.42 Å². The molecule has 1 aliphatic carbocycles. The summed E-state index contributed by atoms with van der Waals surface area (Å²) in [5, 5.41) is 0. The first-order valence-electron chi connectivity index (χ1n) is 8.19. The second-order valence-corrected chi connectivity index (χ2v) is 6.42. The third-order valence-corrected chi connectivity index (χ3v) is 4.83. The molecule has 0 aliphatic heterocycles. The van der Waals surface area contributed by atoms with Crippen LogP contribution in [0, 0.1) is 11.7 Å². The summed E-state index contributed by atoms with van der Waals surface area (Å²) in [6, 6.07) is 9.80. The van der Waals surface area contributed by atoms with Crippen LogP contribution in [-0.2, 0) is 0 Å². The van der Waals surface area contributed by atoms with E-state index in [1.165, 1.54) is 31.4 Å². The van der Waals surface area contributed by atoms with Crippen LogP contribution >= 0.6 is 0 Å². The largest absolute Gasteiger partial charge is 0.451 e. The number of nitrogens with zero attached hydrogens (tertiary/aromatic N) is 1. The predicted octanol–water partition coefficient (Wildman–Crippen LogP) is 4.74. The topological polar surface area (TPSA) is 33.5 Å². The Bertz CT molecular complexity index is 677. The number of amides is 1. The summed E-state index contributed by atoms with van der Waals surface area (Å²) in [6.07, 6.45) is 4.64. The van der Waals surface area contributed by atoms with Gasteiger partial charge in [-0.05, 0) is 55.2 Å². The van der Waals surface area contributed by atoms with Crippen LogP contribution < -0.4 is 0 Å². The minimum atomic E-state index is -0.289. The van der Waals surface area contributed by atoms with Gasteiger partial charge in [-0.15, -0.1) is 0 Å². The lowest BCUT2D eigenvalue weighted by Gasteiger charge is -2.35. The molecule has 4 heteroatoms. The molecule has 1 heterocycles. The molecule has 0 N–H and O–H groups in total. The second-order valence-electron chi connectivity index (χ2n) is 6.42. The Balaban J connectivity index is 1.76. The van der Waals surface area contributed by atoms with Gasteiger partial charge in [0, 0.05) is 18.7 Å². The van der Waals surface area contributed by atoms with Gasteiger partial charge in [-0.3, -0.25) is 4.79 Å². The molecule has 2 atom stereocenters. The predicted molar refractivity (Wildman–Crippen MR) is 87.6 cm³/mol. The van der Waals surface area contributed by atoms with Gasteiger partial charge in [0.15, 0.2) is 5.76 Å². The molecule has 3 nitrogen and oxygen atoms in total. The fraction of sp³-hybridized carbons (Fsp3) is 0.421. The van der Waals surface area contributed by atoms with Crippen molar-refractivity contribution in [1.82, 2.24) is 4.90 Å². The van der Waals surface area contributed by atoms with Gasteiger partial charge in [0.05, 0.1) is 0 Å². The van der Waals surface area contributed by atoms with Crippen LogP contribution in [0.25, 0.3) is 11.3 Å². The van der Waals surface area contributed by atoms with Crippen molar-refractivity contribution in [3.05, 3.63) is 48.0 Å². The summed E-state index contributed by atoms with van der Waals surface area (Å²) in [6.45, 7) is 2.21. The average molecular weight is 315 g/mol. The first kappa shape index (κ1) is 15.8. The van der Waals surface area contributed by atoms with Gasteiger partial charge in [-0.1, -0.05) is 19.8 Å². The Kier molecular flexibility index (Phi) is 4.51. The summed E-state index contributed by atoms with van der Waals surface area (Å²) in [7, 11) is 1.86. The molecule has 122 valence electrons. The van der Waals surface area contributed by atoms with Crippen LogP contribution in [0.5, 0.6) is 0 Å². The van der Waals surface area contributed by atoms with Gasteiger partial charge in [-0.2, -0.15) is 0 Å². The molecule has 23 heavy (non-hydrogen) atoms. The lowest BCUT2D eigenvalue weighted by atomic mass is 9.85. The molecule has 1 aromatic heterocycles. The molecule has 1 fully saturated rings. The third kappa shape index (κ3) is 3.31. The van der Waals surface area contributed by atoms with Crippen LogP contribution in [-0.4, -0.2) is 23.9 Å². The summed E-state index contributed by atoms with van der Waals surface area (Å²) >= 11 is 0. The van der Waals surface area contributed by atoms with Crippen molar-refractivity contribution in [2.24, 2.45) is 5.92 Å². The molecule has 2 unspecified atom stereocenters. The van der Waals surface area contributed by atoms with E-state index in [-0.39, 0.29) is 17.8 Å². The van der Waals surface area contributed by atoms with Gasteiger partial charge in [0.1, 0.15) is 11.6 Å². The highest BCUT2D eigenvalue weighted by Gasteiger charge is 2.29. The second kappa shape index (κ2) is 6.57. The first-order valence-corrected chi connectivity index (χ1v) is 8.19. The van der Waals surface area contributed by atoms with E-state index in [1.807, 2.05) is 11.9 Å². The van der Waals surface area contributed by atoms with E-state index >= 15 is 0 Å². The zero-order valence-corrected chi connectivity index (χ0v) is 13.6. The third-order valence-electron chi connectivity index (χ3n) is 4.83. The normalized spacial score (nSPS) is 21.2. The van der Waals surface area contributed by atoms with Gasteiger partial charge in [0.2, 0.25) is 0 Å². The molecule has 0 radical (unpaired) electrons. The minimum absolute atomic E-state index is 0.0860. The molecule has 0 bridgehead atoms. The van der Waals surface area contributed by atoms with Crippen molar-refractivity contribution < 1.29 is 13.6 Å². The molecule has 3 rings (SSSR count). The van der Waals surface area contributed by atoms with Crippen LogP contribution in [0.2, 0.25) is 0 Å². The maximum absolute atomic E-state index is 13.0. The molecule has 0 saturated heterocycles. The number of carbonyl (C=O) groups excluding carboxylic acids is 1. The van der Waals surface area contributed by atoms with Gasteiger partial charge in [-0.25, -0.2) is 4.39 Å². The Morgan fingerprint density at radius 3 is 2.52 bits per heavy atom. The minimum Gasteiger partial charge on any atom is -0.451 e. The van der Waals surface area contributed by atoms with Crippen LogP contribution in [0.4, 0.5) is 4.39 Å². The summed E-state index contributed by atoms with van der Waals surface area (Å²) < 4.78 is 18.7. The summed E-state index contributed by atoms with van der Waals surface area (Å²) in [5.74, 6) is 1.06. The van der Waals surface area contributed by atoms with E-state index in [0.29, 0.717) is 17.4 Å². The van der Waals surface area contributed by atoms with Gasteiger partial charge in [0.25, 0.3) is 5.91 Å². The first-order chi connectivity index (χ1) is 11.1. The smallest absolute Gasteiger partial charge is 0.289 e. The van der Waals surface area contributed by atoms with Gasteiger partial charge < -0.3 is 9.32 Å². The Morgan fingerprint density at radius 2 is 1.83 bits per heavy atom. The monoisotopic (exact) mass is 315 g/mol. The summed E-state index contributed by atoms with van der Waals surface area (Å²) in [4.78, 5) is 14.5. The molecular formula is C19H22FNO2. The van der Waals surface area contributed by atoms with Crippen molar-refractivity contribution in [3.63, 3.8) is 0 Å². The van der Waals surface area contributed by atoms with Crippen molar-refractivity contribution in [2.75, 3.05) is 7.05 Å². The molecule has 1 saturated carbocycles. The number of halogens is 1. The number of hydrogen-bond donors (Lipinski definition) is 0. The zero-order chi connectivity index (χ0) is 16.4. The Labute approximate surface area is 136 Å². The highest BCUT2D eigenvalue weighted by Crippen LogP contribution is 2.29. The lowest BCUT2D eigenvalue weighted by molar-refractivity contribution is 0.0598. The highest BCUT2D eigenvalue weighted by atomic mass is 19.1. The van der Waals surface area contributed by atoms with E-state index in [9.17, 15) is 9.18 Å². The SMILES string of the molecule is CC1CCCCC1N(C)C(=O)c1ccc(-c2ccc(F)cc2)o1. The van der Waals surface area contributed by atoms with Gasteiger partial charge >= 0.3 is 0 Å². The van der Waals surface area contributed by atoms with Crippen molar-refractivity contribution in [3.8, 4) is 11.3 Å². The summed E-state index contributed by atoms with van der Waals surface area (Å²) in [5.41, 5.74) is 0.763. The molecule has 0 spiro atoms. The zero-order valence-electron chi connectivity index (χ0n) is 13.6. The van der Waals surface area contributed by atoms with E-state index in [1.54, 1.807) is 24.3 Å². The Morgan fingerprint density at radius 1 is 1.13 bits per heavy atom. The number of furan rings is 1. The fourth-order valence-corrected chi connectivity index (χ4v) is 3.42. The molecule has 1 aromatic carbocycles. The lowest BCUT2D eigenvalue weighted by Crippen LogP contribution is -2.42. The number of rotatable bonds is 3. The number of hydrogen-bond acceptors (Lipinski definition) is 2. The van der Waals surface area contributed by atoms with Crippen molar-refractivity contribution in [2.45, 2.75) is 38.6 Å². The highest BCUT2D eigenvalue weighted by molar-refractivity contribution is 5.92. The number of carbonyl (C=O) groups is 1. The average Bonchev–Trinajstić information content (AvgIpc) is 3.04.